The Morgan fingerprint density at radius 1 is 0.912 bits per heavy atom. The maximum atomic E-state index is 13.2. The summed E-state index contributed by atoms with van der Waals surface area (Å²) in [5.41, 5.74) is 2.24. The van der Waals surface area contributed by atoms with Crippen LogP contribution in [0.1, 0.15) is 64.4 Å². The van der Waals surface area contributed by atoms with Crippen molar-refractivity contribution in [2.24, 2.45) is 0 Å². The van der Waals surface area contributed by atoms with E-state index in [0.29, 0.717) is 12.0 Å². The highest BCUT2D eigenvalue weighted by molar-refractivity contribution is 6.74. The van der Waals surface area contributed by atoms with Crippen LogP contribution in [-0.2, 0) is 23.5 Å². The third kappa shape index (κ3) is 7.67. The van der Waals surface area contributed by atoms with Crippen LogP contribution in [0.4, 0.5) is 0 Å². The zero-order chi connectivity index (χ0) is 25.5. The van der Waals surface area contributed by atoms with Crippen LogP contribution in [-0.4, -0.2) is 26.4 Å². The predicted octanol–water partition coefficient (Wildman–Crippen LogP) is 6.93. The number of hydrogen-bond acceptors (Lipinski definition) is 5. The van der Waals surface area contributed by atoms with Crippen molar-refractivity contribution < 1.29 is 23.5 Å². The molecule has 0 fully saturated rings. The van der Waals surface area contributed by atoms with Crippen LogP contribution in [0.15, 0.2) is 72.8 Å². The quantitative estimate of drug-likeness (QED) is 0.209. The summed E-state index contributed by atoms with van der Waals surface area (Å²) >= 11 is 0. The van der Waals surface area contributed by atoms with Crippen molar-refractivity contribution in [2.45, 2.75) is 77.5 Å². The van der Waals surface area contributed by atoms with E-state index < -0.39 is 32.5 Å². The Bertz CT molecular complexity index is 963. The fraction of sp³-hybridized carbons (Fsp3) is 0.429. The Hall–Kier alpha value is -2.70. The minimum Gasteiger partial charge on any atom is -0.454 e. The third-order valence-corrected chi connectivity index (χ3v) is 10.9. The molecular weight excluding hydrogens is 444 g/mol. The fourth-order valence-corrected chi connectivity index (χ4v) is 4.65. The van der Waals surface area contributed by atoms with Crippen molar-refractivity contribution in [2.75, 3.05) is 0 Å². The van der Waals surface area contributed by atoms with Crippen molar-refractivity contribution in [1.29, 1.82) is 0 Å². The molecule has 2 rings (SSSR count). The first-order valence-electron chi connectivity index (χ1n) is 11.6. The topological polar surface area (TPSA) is 61.8 Å². The molecule has 6 heteroatoms. The lowest BCUT2D eigenvalue weighted by atomic mass is 9.99. The van der Waals surface area contributed by atoms with Gasteiger partial charge in [0.15, 0.2) is 8.32 Å². The van der Waals surface area contributed by atoms with Crippen LogP contribution < -0.4 is 0 Å². The van der Waals surface area contributed by atoms with Crippen LogP contribution in [0.2, 0.25) is 18.1 Å². The van der Waals surface area contributed by atoms with Crippen molar-refractivity contribution in [3.63, 3.8) is 0 Å². The van der Waals surface area contributed by atoms with Gasteiger partial charge in [0, 0.05) is 18.9 Å². The molecule has 0 amide bonds. The van der Waals surface area contributed by atoms with E-state index in [-0.39, 0.29) is 11.1 Å². The second kappa shape index (κ2) is 11.6. The summed E-state index contributed by atoms with van der Waals surface area (Å²) in [5, 5.41) is 0.0692. The molecule has 0 bridgehead atoms. The monoisotopic (exact) mass is 482 g/mol. The standard InChI is InChI=1S/C28H38O5Si/c1-20(21(2)33-34(7,8)28(4,5)6)19-25(23-15-11-9-12-16-23)32-27(30)26(31-22(3)29)24-17-13-10-14-18-24/h9-18,21,25-26H,1,19H2,2-8H3/t21-,25+,26+/m1/s1. The number of rotatable bonds is 10. The van der Waals surface area contributed by atoms with Gasteiger partial charge in [-0.3, -0.25) is 4.79 Å². The minimum absolute atomic E-state index is 0.0692. The summed E-state index contributed by atoms with van der Waals surface area (Å²) < 4.78 is 17.8. The molecule has 0 saturated carbocycles. The first-order valence-corrected chi connectivity index (χ1v) is 14.6. The van der Waals surface area contributed by atoms with E-state index in [0.717, 1.165) is 11.1 Å². The van der Waals surface area contributed by atoms with E-state index in [2.05, 4.69) is 40.4 Å². The highest BCUT2D eigenvalue weighted by atomic mass is 28.4. The van der Waals surface area contributed by atoms with Gasteiger partial charge in [-0.05, 0) is 36.2 Å². The Morgan fingerprint density at radius 2 is 1.41 bits per heavy atom. The second-order valence-electron chi connectivity index (χ2n) is 10.1. The number of carbonyl (C=O) groups excluding carboxylic acids is 2. The molecule has 0 unspecified atom stereocenters. The van der Waals surface area contributed by atoms with Crippen LogP contribution in [0, 0.1) is 0 Å². The highest BCUT2D eigenvalue weighted by Gasteiger charge is 2.39. The molecule has 0 aliphatic carbocycles. The molecule has 0 spiro atoms. The number of carbonyl (C=O) groups is 2. The Kier molecular flexibility index (Phi) is 9.42. The summed E-state index contributed by atoms with van der Waals surface area (Å²) in [6.45, 7) is 18.5. The van der Waals surface area contributed by atoms with E-state index in [4.69, 9.17) is 13.9 Å². The van der Waals surface area contributed by atoms with Gasteiger partial charge in [-0.15, -0.1) is 0 Å². The Morgan fingerprint density at radius 3 is 1.88 bits per heavy atom. The van der Waals surface area contributed by atoms with Gasteiger partial charge in [-0.25, -0.2) is 4.79 Å². The van der Waals surface area contributed by atoms with E-state index in [1.807, 2.05) is 43.3 Å². The average molecular weight is 483 g/mol. The zero-order valence-electron chi connectivity index (χ0n) is 21.5. The van der Waals surface area contributed by atoms with Crippen molar-refractivity contribution in [1.82, 2.24) is 0 Å². The van der Waals surface area contributed by atoms with Crippen LogP contribution in [0.3, 0.4) is 0 Å². The molecule has 184 valence electrons. The van der Waals surface area contributed by atoms with Crippen molar-refractivity contribution >= 4 is 20.3 Å². The molecule has 0 aromatic heterocycles. The van der Waals surface area contributed by atoms with E-state index in [9.17, 15) is 9.59 Å². The van der Waals surface area contributed by atoms with Crippen molar-refractivity contribution in [3.05, 3.63) is 83.9 Å². The van der Waals surface area contributed by atoms with E-state index in [1.54, 1.807) is 24.3 Å². The van der Waals surface area contributed by atoms with Gasteiger partial charge in [0.1, 0.15) is 6.10 Å². The first kappa shape index (κ1) is 27.5. The normalized spacial score (nSPS) is 14.6. The number of ether oxygens (including phenoxy) is 2. The first-order chi connectivity index (χ1) is 15.8. The maximum absolute atomic E-state index is 13.2. The third-order valence-electron chi connectivity index (χ3n) is 6.33. The predicted molar refractivity (Wildman–Crippen MR) is 138 cm³/mol. The van der Waals surface area contributed by atoms with Crippen LogP contribution >= 0.6 is 0 Å². The Balaban J connectivity index is 2.25. The lowest BCUT2D eigenvalue weighted by Gasteiger charge is -2.39. The largest absolute Gasteiger partial charge is 0.454 e. The number of benzene rings is 2. The van der Waals surface area contributed by atoms with Crippen LogP contribution in [0.5, 0.6) is 0 Å². The van der Waals surface area contributed by atoms with Gasteiger partial charge in [0.25, 0.3) is 0 Å². The second-order valence-corrected chi connectivity index (χ2v) is 14.9. The zero-order valence-corrected chi connectivity index (χ0v) is 22.5. The summed E-state index contributed by atoms with van der Waals surface area (Å²) in [7, 11) is -2.00. The molecule has 5 nitrogen and oxygen atoms in total. The molecule has 2 aromatic carbocycles. The smallest absolute Gasteiger partial charge is 0.352 e. The fourth-order valence-electron chi connectivity index (χ4n) is 3.25. The van der Waals surface area contributed by atoms with E-state index in [1.165, 1.54) is 6.92 Å². The summed E-state index contributed by atoms with van der Waals surface area (Å²) in [6.07, 6.45) is -1.52. The molecular formula is C28H38O5Si. The maximum Gasteiger partial charge on any atom is 0.352 e. The lowest BCUT2D eigenvalue weighted by Crippen LogP contribution is -2.43. The van der Waals surface area contributed by atoms with Gasteiger partial charge in [0.05, 0.1) is 6.10 Å². The van der Waals surface area contributed by atoms with Gasteiger partial charge >= 0.3 is 11.9 Å². The average Bonchev–Trinajstić information content (AvgIpc) is 2.76. The minimum atomic E-state index is -2.00. The van der Waals surface area contributed by atoms with Gasteiger partial charge in [-0.1, -0.05) is 88.0 Å². The molecule has 0 N–H and O–H groups in total. The molecule has 34 heavy (non-hydrogen) atoms. The molecule has 0 aliphatic heterocycles. The molecule has 3 atom stereocenters. The van der Waals surface area contributed by atoms with E-state index >= 15 is 0 Å². The molecule has 0 aliphatic rings. The number of esters is 2. The van der Waals surface area contributed by atoms with Gasteiger partial charge in [0.2, 0.25) is 6.10 Å². The molecule has 2 aromatic rings. The number of hydrogen-bond donors (Lipinski definition) is 0. The van der Waals surface area contributed by atoms with Crippen LogP contribution in [0.25, 0.3) is 0 Å². The van der Waals surface area contributed by atoms with Crippen molar-refractivity contribution in [3.8, 4) is 0 Å². The highest BCUT2D eigenvalue weighted by Crippen LogP contribution is 2.39. The van der Waals surface area contributed by atoms with Gasteiger partial charge in [-0.2, -0.15) is 0 Å². The molecule has 0 heterocycles. The summed E-state index contributed by atoms with van der Waals surface area (Å²) in [6, 6.07) is 18.4. The molecule has 0 saturated heterocycles. The summed E-state index contributed by atoms with van der Waals surface area (Å²) in [4.78, 5) is 24.9. The molecule has 0 radical (unpaired) electrons. The summed E-state index contributed by atoms with van der Waals surface area (Å²) in [5.74, 6) is -1.18. The SMILES string of the molecule is C=C(C[C@H](OC(=O)[C@@H](OC(C)=O)c1ccccc1)c1ccccc1)[C@@H](C)O[Si](C)(C)C(C)(C)C. The lowest BCUT2D eigenvalue weighted by molar-refractivity contribution is -0.171. The Labute approximate surface area is 205 Å². The van der Waals surface area contributed by atoms with Gasteiger partial charge < -0.3 is 13.9 Å².